The highest BCUT2D eigenvalue weighted by Gasteiger charge is 2.20. The summed E-state index contributed by atoms with van der Waals surface area (Å²) in [5.74, 6) is 2.05. The van der Waals surface area contributed by atoms with Gasteiger partial charge in [0.05, 0.1) is 11.1 Å². The molecule has 5 heteroatoms. The van der Waals surface area contributed by atoms with Crippen LogP contribution in [0.5, 0.6) is 11.5 Å². The second-order valence-corrected chi connectivity index (χ2v) is 8.23. The zero-order valence-electron chi connectivity index (χ0n) is 15.7. The van der Waals surface area contributed by atoms with Crippen LogP contribution < -0.4 is 10.2 Å². The van der Waals surface area contributed by atoms with E-state index in [2.05, 4.69) is 17.5 Å². The van der Waals surface area contributed by atoms with E-state index >= 15 is 0 Å². The molecule has 0 bridgehead atoms. The number of nitrogens with one attached hydrogen (secondary N) is 1. The van der Waals surface area contributed by atoms with Gasteiger partial charge in [0, 0.05) is 4.88 Å². The van der Waals surface area contributed by atoms with Crippen molar-refractivity contribution in [3.05, 3.63) is 81.5 Å². The standard InChI is InChI=1S/C23H22N2O2S/c1-16-10-11-21-18(12-16)14-22(28-21)23(26)25-24-15-17-6-5-9-20(13-17)27-19-7-3-2-4-8-19/h2-9,13-16H,10-12H2,1H3,(H,25,26)/b24-15-/t16-/m1/s1. The Morgan fingerprint density at radius 2 is 1.96 bits per heavy atom. The first kappa shape index (κ1) is 18.4. The number of carbonyl (C=O) groups is 1. The van der Waals surface area contributed by atoms with E-state index in [1.54, 1.807) is 17.6 Å². The number of rotatable bonds is 5. The maximum atomic E-state index is 12.4. The van der Waals surface area contributed by atoms with Gasteiger partial charge >= 0.3 is 0 Å². The predicted octanol–water partition coefficient (Wildman–Crippen LogP) is 5.43. The van der Waals surface area contributed by atoms with Gasteiger partial charge in [0.1, 0.15) is 11.5 Å². The molecule has 0 saturated heterocycles. The minimum atomic E-state index is -0.153. The van der Waals surface area contributed by atoms with Crippen LogP contribution in [0, 0.1) is 5.92 Å². The molecule has 0 radical (unpaired) electrons. The number of aryl methyl sites for hydroxylation is 1. The first-order chi connectivity index (χ1) is 13.7. The van der Waals surface area contributed by atoms with Crippen molar-refractivity contribution in [2.24, 2.45) is 11.0 Å². The van der Waals surface area contributed by atoms with Crippen molar-refractivity contribution < 1.29 is 9.53 Å². The van der Waals surface area contributed by atoms with E-state index < -0.39 is 0 Å². The third-order valence-electron chi connectivity index (χ3n) is 4.77. The number of hydrogen-bond donors (Lipinski definition) is 1. The minimum absolute atomic E-state index is 0.153. The van der Waals surface area contributed by atoms with Gasteiger partial charge in [0.15, 0.2) is 0 Å². The number of hydrogen-bond acceptors (Lipinski definition) is 4. The topological polar surface area (TPSA) is 50.7 Å². The summed E-state index contributed by atoms with van der Waals surface area (Å²) in [4.78, 5) is 14.5. The summed E-state index contributed by atoms with van der Waals surface area (Å²) in [6, 6.07) is 19.2. The molecule has 0 spiro atoms. The monoisotopic (exact) mass is 390 g/mol. The molecule has 0 saturated carbocycles. The highest BCUT2D eigenvalue weighted by atomic mass is 32.1. The Kier molecular flexibility index (Phi) is 5.53. The fourth-order valence-corrected chi connectivity index (χ4v) is 4.42. The second-order valence-electron chi connectivity index (χ2n) is 7.09. The van der Waals surface area contributed by atoms with Gasteiger partial charge in [0.25, 0.3) is 5.91 Å². The van der Waals surface area contributed by atoms with Gasteiger partial charge in [-0.3, -0.25) is 4.79 Å². The number of thiophene rings is 1. The van der Waals surface area contributed by atoms with Gasteiger partial charge < -0.3 is 4.74 Å². The van der Waals surface area contributed by atoms with Crippen LogP contribution in [0.4, 0.5) is 0 Å². The molecule has 1 atom stereocenters. The van der Waals surface area contributed by atoms with Crippen molar-refractivity contribution in [2.75, 3.05) is 0 Å². The molecule has 1 aromatic heterocycles. The average molecular weight is 391 g/mol. The third-order valence-corrected chi connectivity index (χ3v) is 6.01. The number of ether oxygens (including phenoxy) is 1. The van der Waals surface area contributed by atoms with E-state index in [0.717, 1.165) is 34.8 Å². The molecule has 2 aromatic carbocycles. The highest BCUT2D eigenvalue weighted by Crippen LogP contribution is 2.32. The molecule has 1 amide bonds. The van der Waals surface area contributed by atoms with Crippen molar-refractivity contribution in [3.8, 4) is 11.5 Å². The Morgan fingerprint density at radius 3 is 2.82 bits per heavy atom. The second kappa shape index (κ2) is 8.40. The van der Waals surface area contributed by atoms with E-state index in [9.17, 15) is 4.79 Å². The Bertz CT molecular complexity index is 995. The summed E-state index contributed by atoms with van der Waals surface area (Å²) in [6.45, 7) is 2.26. The fourth-order valence-electron chi connectivity index (χ4n) is 3.32. The van der Waals surface area contributed by atoms with Crippen LogP contribution in [0.15, 0.2) is 65.8 Å². The van der Waals surface area contributed by atoms with E-state index in [0.29, 0.717) is 5.92 Å². The van der Waals surface area contributed by atoms with Gasteiger partial charge in [0.2, 0.25) is 0 Å². The molecule has 1 heterocycles. The average Bonchev–Trinajstić information content (AvgIpc) is 3.12. The molecular formula is C23H22N2O2S. The molecule has 1 aliphatic carbocycles. The number of fused-ring (bicyclic) bond motifs is 1. The molecule has 4 rings (SSSR count). The summed E-state index contributed by atoms with van der Waals surface area (Å²) in [5, 5.41) is 4.11. The van der Waals surface area contributed by atoms with E-state index in [4.69, 9.17) is 4.74 Å². The SMILES string of the molecule is C[C@@H]1CCc2sc(C(=O)N/N=C\c3cccc(Oc4ccccc4)c3)cc2C1. The normalized spacial score (nSPS) is 16.0. The van der Waals surface area contributed by atoms with Gasteiger partial charge in [-0.25, -0.2) is 5.43 Å². The molecule has 0 aliphatic heterocycles. The number of hydrazone groups is 1. The first-order valence-electron chi connectivity index (χ1n) is 9.45. The van der Waals surface area contributed by atoms with Gasteiger partial charge in [-0.05, 0) is 66.6 Å². The van der Waals surface area contributed by atoms with Crippen molar-refractivity contribution in [2.45, 2.75) is 26.2 Å². The highest BCUT2D eigenvalue weighted by molar-refractivity contribution is 7.14. The Morgan fingerprint density at radius 1 is 1.14 bits per heavy atom. The van der Waals surface area contributed by atoms with Crippen molar-refractivity contribution >= 4 is 23.5 Å². The van der Waals surface area contributed by atoms with Gasteiger partial charge in [-0.15, -0.1) is 11.3 Å². The van der Waals surface area contributed by atoms with Gasteiger partial charge in [-0.2, -0.15) is 5.10 Å². The molecule has 3 aromatic rings. The fraction of sp³-hybridized carbons (Fsp3) is 0.217. The zero-order valence-corrected chi connectivity index (χ0v) is 16.5. The lowest BCUT2D eigenvalue weighted by atomic mass is 9.90. The number of para-hydroxylation sites is 1. The lowest BCUT2D eigenvalue weighted by Crippen LogP contribution is -2.16. The van der Waals surface area contributed by atoms with Gasteiger partial charge in [-0.1, -0.05) is 37.3 Å². The molecule has 0 unspecified atom stereocenters. The summed E-state index contributed by atoms with van der Waals surface area (Å²) in [5.41, 5.74) is 4.81. The Hall–Kier alpha value is -2.92. The molecule has 28 heavy (non-hydrogen) atoms. The molecule has 4 nitrogen and oxygen atoms in total. The van der Waals surface area contributed by atoms with Crippen LogP contribution in [0.1, 0.15) is 39.0 Å². The Balaban J connectivity index is 1.38. The zero-order chi connectivity index (χ0) is 19.3. The lowest BCUT2D eigenvalue weighted by Gasteiger charge is -2.16. The smallest absolute Gasteiger partial charge is 0.281 e. The maximum absolute atomic E-state index is 12.4. The van der Waals surface area contributed by atoms with Crippen LogP contribution in [0.2, 0.25) is 0 Å². The summed E-state index contributed by atoms with van der Waals surface area (Å²) in [6.07, 6.45) is 4.97. The first-order valence-corrected chi connectivity index (χ1v) is 10.3. The van der Waals surface area contributed by atoms with E-state index in [1.165, 1.54) is 16.9 Å². The van der Waals surface area contributed by atoms with Crippen molar-refractivity contribution in [1.29, 1.82) is 0 Å². The summed E-state index contributed by atoms with van der Waals surface area (Å²) >= 11 is 1.59. The van der Waals surface area contributed by atoms with Crippen LogP contribution in [-0.2, 0) is 12.8 Å². The van der Waals surface area contributed by atoms with Crippen LogP contribution >= 0.6 is 11.3 Å². The van der Waals surface area contributed by atoms with E-state index in [-0.39, 0.29) is 5.91 Å². The number of carbonyl (C=O) groups excluding carboxylic acids is 1. The number of nitrogens with zero attached hydrogens (tertiary/aromatic N) is 1. The quantitative estimate of drug-likeness (QED) is 0.466. The van der Waals surface area contributed by atoms with Crippen LogP contribution in [0.25, 0.3) is 0 Å². The minimum Gasteiger partial charge on any atom is -0.457 e. The largest absolute Gasteiger partial charge is 0.457 e. The van der Waals surface area contributed by atoms with Crippen molar-refractivity contribution in [3.63, 3.8) is 0 Å². The maximum Gasteiger partial charge on any atom is 0.281 e. The van der Waals surface area contributed by atoms with E-state index in [1.807, 2.05) is 60.7 Å². The molecule has 0 fully saturated rings. The number of amides is 1. The molecule has 142 valence electrons. The van der Waals surface area contributed by atoms with Crippen molar-refractivity contribution in [1.82, 2.24) is 5.43 Å². The molecular weight excluding hydrogens is 368 g/mol. The van der Waals surface area contributed by atoms with Crippen LogP contribution in [0.3, 0.4) is 0 Å². The van der Waals surface area contributed by atoms with Crippen LogP contribution in [-0.4, -0.2) is 12.1 Å². The summed E-state index contributed by atoms with van der Waals surface area (Å²) < 4.78 is 5.82. The Labute approximate surface area is 168 Å². The third kappa shape index (κ3) is 4.49. The number of benzene rings is 2. The lowest BCUT2D eigenvalue weighted by molar-refractivity contribution is 0.0959. The summed E-state index contributed by atoms with van der Waals surface area (Å²) in [7, 11) is 0. The predicted molar refractivity (Wildman–Crippen MR) is 114 cm³/mol. The molecule has 1 N–H and O–H groups in total. The molecule has 1 aliphatic rings.